The number of hydrogen-bond acceptors (Lipinski definition) is 6. The van der Waals surface area contributed by atoms with Crippen molar-refractivity contribution in [3.63, 3.8) is 0 Å². The van der Waals surface area contributed by atoms with Crippen LogP contribution in [0.3, 0.4) is 0 Å². The summed E-state index contributed by atoms with van der Waals surface area (Å²) in [7, 11) is 4.11. The number of aryl methyl sites for hydroxylation is 3. The molecule has 0 saturated carbocycles. The summed E-state index contributed by atoms with van der Waals surface area (Å²) in [6, 6.07) is 11.0. The highest BCUT2D eigenvalue weighted by Crippen LogP contribution is 2.49. The van der Waals surface area contributed by atoms with Crippen LogP contribution in [0.1, 0.15) is 81.0 Å². The quantitative estimate of drug-likeness (QED) is 0.143. The van der Waals surface area contributed by atoms with E-state index in [4.69, 9.17) is 37.5 Å². The number of anilines is 1. The maximum atomic E-state index is 7.19. The molecule has 1 aliphatic heterocycles. The molecule has 2 unspecified atom stereocenters. The van der Waals surface area contributed by atoms with Gasteiger partial charge in [0.25, 0.3) is 0 Å². The van der Waals surface area contributed by atoms with Gasteiger partial charge in [0, 0.05) is 71.7 Å². The van der Waals surface area contributed by atoms with Gasteiger partial charge in [0.05, 0.1) is 28.0 Å². The summed E-state index contributed by atoms with van der Waals surface area (Å²) in [5.41, 5.74) is 13.8. The van der Waals surface area contributed by atoms with Crippen LogP contribution in [0.15, 0.2) is 63.4 Å². The first-order valence-corrected chi connectivity index (χ1v) is 17.9. The number of aromatic nitrogens is 5. The van der Waals surface area contributed by atoms with Crippen molar-refractivity contribution in [2.24, 2.45) is 7.05 Å². The van der Waals surface area contributed by atoms with Crippen LogP contribution in [0.2, 0.25) is 5.02 Å². The van der Waals surface area contributed by atoms with Gasteiger partial charge in [-0.1, -0.05) is 53.1 Å². The number of hydrogen-bond donors (Lipinski definition) is 0. The lowest BCUT2D eigenvalue weighted by Gasteiger charge is -2.22. The Hall–Kier alpha value is -3.85. The number of ether oxygens (including phenoxy) is 1. The van der Waals surface area contributed by atoms with Crippen LogP contribution in [-0.2, 0) is 24.6 Å². The van der Waals surface area contributed by atoms with E-state index in [2.05, 4.69) is 105 Å². The standard InChI is InChI=1S/C39H44Cl2N6O2/c1-21(2)47-37(28-11-9-13-32-30(28)19-33(45(32)7)39-43-42-20-49-39)27(12-10-16-48-26-17-22(3)36(41)23(4)18-26)29-14-15-31(40)35(38(29)47)34-24(5)44-46(8)25(34)6/h9,11,13-15,17,20-21,26,33H,10,12,16,18-19H2,1-8H3. The smallest absolute Gasteiger partial charge is 0.238 e. The number of rotatable bonds is 9. The molecular formula is C39H44Cl2N6O2. The third-order valence-electron chi connectivity index (χ3n) is 10.4. The van der Waals surface area contributed by atoms with Gasteiger partial charge in [-0.3, -0.25) is 4.68 Å². The van der Waals surface area contributed by atoms with Crippen molar-refractivity contribution in [3.05, 3.63) is 92.4 Å². The van der Waals surface area contributed by atoms with Crippen molar-refractivity contribution in [2.75, 3.05) is 18.6 Å². The number of allylic oxidation sites excluding steroid dienone is 2. The second kappa shape index (κ2) is 13.1. The predicted molar refractivity (Wildman–Crippen MR) is 199 cm³/mol. The summed E-state index contributed by atoms with van der Waals surface area (Å²) >= 11 is 13.7. The van der Waals surface area contributed by atoms with Gasteiger partial charge in [0.1, 0.15) is 6.04 Å². The minimum Gasteiger partial charge on any atom is -0.426 e. The number of likely N-dealkylation sites (N-methyl/N-ethyl adjacent to an activating group) is 1. The SMILES string of the molecule is CC1=CC(OCCCc2c(-c3cccc4c3CC(c3nnco3)N4C)n(C(C)C)c3c(-c4c(C)nn(C)c4C)c(Cl)ccc23)CC(C)=C1Cl. The number of fused-ring (bicyclic) bond motifs is 2. The van der Waals surface area contributed by atoms with Gasteiger partial charge in [-0.2, -0.15) is 5.10 Å². The molecule has 0 N–H and O–H groups in total. The summed E-state index contributed by atoms with van der Waals surface area (Å²) < 4.78 is 16.6. The summed E-state index contributed by atoms with van der Waals surface area (Å²) in [4.78, 5) is 2.26. The molecule has 7 rings (SSSR count). The average Bonchev–Trinajstić information content (AvgIpc) is 3.83. The van der Waals surface area contributed by atoms with E-state index in [1.54, 1.807) is 0 Å². The van der Waals surface area contributed by atoms with Gasteiger partial charge in [-0.05, 0) is 89.6 Å². The topological polar surface area (TPSA) is 74.1 Å². The molecular weight excluding hydrogens is 655 g/mol. The van der Waals surface area contributed by atoms with E-state index >= 15 is 0 Å². The zero-order chi connectivity index (χ0) is 34.7. The lowest BCUT2D eigenvalue weighted by Crippen LogP contribution is -2.19. The first-order chi connectivity index (χ1) is 23.5. The fraction of sp³-hybridized carbons (Fsp3) is 0.410. The van der Waals surface area contributed by atoms with Crippen molar-refractivity contribution in [2.45, 2.75) is 85.4 Å². The van der Waals surface area contributed by atoms with Crippen molar-refractivity contribution < 1.29 is 9.15 Å². The van der Waals surface area contributed by atoms with E-state index in [9.17, 15) is 0 Å². The van der Waals surface area contributed by atoms with Crippen LogP contribution in [0.25, 0.3) is 33.3 Å². The molecule has 0 bridgehead atoms. The Bertz CT molecular complexity index is 2120. The molecule has 256 valence electrons. The molecule has 0 spiro atoms. The summed E-state index contributed by atoms with van der Waals surface area (Å²) in [6.07, 6.45) is 6.90. The van der Waals surface area contributed by atoms with E-state index in [0.29, 0.717) is 12.5 Å². The predicted octanol–water partition coefficient (Wildman–Crippen LogP) is 9.86. The van der Waals surface area contributed by atoms with Gasteiger partial charge in [0.2, 0.25) is 12.3 Å². The number of benzene rings is 2. The van der Waals surface area contributed by atoms with Crippen LogP contribution < -0.4 is 4.90 Å². The third-order valence-corrected chi connectivity index (χ3v) is 11.3. The maximum absolute atomic E-state index is 7.19. The minimum absolute atomic E-state index is 0.0314. The Balaban J connectivity index is 1.39. The Morgan fingerprint density at radius 2 is 1.82 bits per heavy atom. The van der Waals surface area contributed by atoms with Crippen molar-refractivity contribution in [1.29, 1.82) is 0 Å². The van der Waals surface area contributed by atoms with Crippen molar-refractivity contribution in [1.82, 2.24) is 24.5 Å². The van der Waals surface area contributed by atoms with Gasteiger partial charge < -0.3 is 18.6 Å². The number of halogens is 2. The summed E-state index contributed by atoms with van der Waals surface area (Å²) in [5, 5.41) is 15.9. The van der Waals surface area contributed by atoms with Crippen molar-refractivity contribution >= 4 is 39.8 Å². The first-order valence-electron chi connectivity index (χ1n) is 17.1. The Morgan fingerprint density at radius 1 is 1.02 bits per heavy atom. The Morgan fingerprint density at radius 3 is 2.49 bits per heavy atom. The molecule has 0 radical (unpaired) electrons. The molecule has 0 saturated heterocycles. The lowest BCUT2D eigenvalue weighted by molar-refractivity contribution is 0.0823. The molecule has 0 fully saturated rings. The molecule has 5 aromatic rings. The normalized spacial score (nSPS) is 17.9. The lowest BCUT2D eigenvalue weighted by atomic mass is 9.94. The van der Waals surface area contributed by atoms with Gasteiger partial charge >= 0.3 is 0 Å². The fourth-order valence-corrected chi connectivity index (χ4v) is 8.42. The highest BCUT2D eigenvalue weighted by Gasteiger charge is 2.35. The second-order valence-electron chi connectivity index (χ2n) is 13.9. The van der Waals surface area contributed by atoms with Crippen LogP contribution >= 0.6 is 23.2 Å². The minimum atomic E-state index is -0.0314. The van der Waals surface area contributed by atoms with E-state index in [0.717, 1.165) is 69.3 Å². The van der Waals surface area contributed by atoms with Gasteiger partial charge in [-0.15, -0.1) is 10.2 Å². The molecule has 1 aliphatic carbocycles. The molecule has 2 aromatic carbocycles. The fourth-order valence-electron chi connectivity index (χ4n) is 8.03. The first kappa shape index (κ1) is 33.6. The molecule has 49 heavy (non-hydrogen) atoms. The van der Waals surface area contributed by atoms with Crippen LogP contribution in [0.5, 0.6) is 0 Å². The molecule has 8 nitrogen and oxygen atoms in total. The van der Waals surface area contributed by atoms with Crippen LogP contribution in [0, 0.1) is 13.8 Å². The van der Waals surface area contributed by atoms with E-state index in [1.807, 2.05) is 11.7 Å². The van der Waals surface area contributed by atoms with Gasteiger partial charge in [0.15, 0.2) is 0 Å². The van der Waals surface area contributed by atoms with E-state index < -0.39 is 0 Å². The maximum Gasteiger partial charge on any atom is 0.238 e. The number of nitrogens with zero attached hydrogens (tertiary/aromatic N) is 6. The molecule has 2 atom stereocenters. The van der Waals surface area contributed by atoms with Crippen LogP contribution in [0.4, 0.5) is 5.69 Å². The third kappa shape index (κ3) is 5.72. The molecule has 2 aliphatic rings. The molecule has 3 aromatic heterocycles. The van der Waals surface area contributed by atoms with E-state index in [1.165, 1.54) is 45.4 Å². The van der Waals surface area contributed by atoms with E-state index in [-0.39, 0.29) is 18.2 Å². The van der Waals surface area contributed by atoms with Gasteiger partial charge in [-0.25, -0.2) is 0 Å². The Kier molecular flexibility index (Phi) is 9.01. The highest BCUT2D eigenvalue weighted by molar-refractivity contribution is 6.35. The van der Waals surface area contributed by atoms with Crippen LogP contribution in [-0.4, -0.2) is 44.3 Å². The largest absolute Gasteiger partial charge is 0.426 e. The highest BCUT2D eigenvalue weighted by atomic mass is 35.5. The average molecular weight is 700 g/mol. The molecule has 4 heterocycles. The molecule has 0 amide bonds. The Labute approximate surface area is 298 Å². The summed E-state index contributed by atoms with van der Waals surface area (Å²) in [5.74, 6) is 0.626. The summed E-state index contributed by atoms with van der Waals surface area (Å²) in [6.45, 7) is 13.5. The zero-order valence-electron chi connectivity index (χ0n) is 29.6. The second-order valence-corrected chi connectivity index (χ2v) is 14.6. The molecule has 10 heteroatoms. The zero-order valence-corrected chi connectivity index (χ0v) is 31.1. The monoisotopic (exact) mass is 698 g/mol. The van der Waals surface area contributed by atoms with Crippen molar-refractivity contribution in [3.8, 4) is 22.4 Å².